The highest BCUT2D eigenvalue weighted by Crippen LogP contribution is 2.29. The third-order valence-corrected chi connectivity index (χ3v) is 5.03. The number of imidazole rings is 1. The van der Waals surface area contributed by atoms with E-state index in [1.807, 2.05) is 18.6 Å². The van der Waals surface area contributed by atoms with Crippen molar-refractivity contribution < 1.29 is 4.79 Å². The summed E-state index contributed by atoms with van der Waals surface area (Å²) in [6, 6.07) is 4.39. The predicted molar refractivity (Wildman–Crippen MR) is 89.9 cm³/mol. The van der Waals surface area contributed by atoms with Crippen molar-refractivity contribution in [3.63, 3.8) is 0 Å². The van der Waals surface area contributed by atoms with Crippen molar-refractivity contribution in [1.29, 1.82) is 0 Å². The van der Waals surface area contributed by atoms with Crippen LogP contribution < -0.4 is 5.32 Å². The van der Waals surface area contributed by atoms with Crippen LogP contribution >= 0.6 is 0 Å². The first-order chi connectivity index (χ1) is 11.7. The third kappa shape index (κ3) is 3.06. The maximum absolute atomic E-state index is 11.8. The summed E-state index contributed by atoms with van der Waals surface area (Å²) in [4.78, 5) is 23.0. The van der Waals surface area contributed by atoms with E-state index in [-0.39, 0.29) is 17.9 Å². The van der Waals surface area contributed by atoms with E-state index in [0.717, 1.165) is 44.0 Å². The lowest BCUT2D eigenvalue weighted by Crippen LogP contribution is -2.37. The number of rotatable bonds is 5. The van der Waals surface area contributed by atoms with Gasteiger partial charge in [0.2, 0.25) is 5.91 Å². The molecule has 1 N–H and O–H groups in total. The fourth-order valence-electron chi connectivity index (χ4n) is 3.35. The Morgan fingerprint density at radius 3 is 2.83 bits per heavy atom. The average Bonchev–Trinajstić information content (AvgIpc) is 3.37. The van der Waals surface area contributed by atoms with E-state index < -0.39 is 0 Å². The second-order valence-electron chi connectivity index (χ2n) is 6.75. The SMILES string of the molecule is CC1c2ncc(CNC(=O)C3CC3)n2CCN1Cc1ccncc1. The van der Waals surface area contributed by atoms with Gasteiger partial charge in [-0.2, -0.15) is 0 Å². The molecule has 6 nitrogen and oxygen atoms in total. The van der Waals surface area contributed by atoms with E-state index in [1.54, 1.807) is 0 Å². The molecule has 126 valence electrons. The molecule has 0 spiro atoms. The van der Waals surface area contributed by atoms with Crippen LogP contribution in [0.2, 0.25) is 0 Å². The summed E-state index contributed by atoms with van der Waals surface area (Å²) in [6.07, 6.45) is 7.67. The van der Waals surface area contributed by atoms with Crippen LogP contribution in [-0.2, 0) is 24.4 Å². The van der Waals surface area contributed by atoms with Crippen LogP contribution in [0, 0.1) is 5.92 Å². The van der Waals surface area contributed by atoms with Crippen LogP contribution in [0.1, 0.15) is 42.9 Å². The number of fused-ring (bicyclic) bond motifs is 1. The molecule has 0 radical (unpaired) electrons. The van der Waals surface area contributed by atoms with E-state index in [1.165, 1.54) is 5.56 Å². The second-order valence-corrected chi connectivity index (χ2v) is 6.75. The van der Waals surface area contributed by atoms with Gasteiger partial charge in [-0.1, -0.05) is 0 Å². The highest BCUT2D eigenvalue weighted by Gasteiger charge is 2.30. The molecule has 24 heavy (non-hydrogen) atoms. The maximum Gasteiger partial charge on any atom is 0.223 e. The minimum absolute atomic E-state index is 0.189. The van der Waals surface area contributed by atoms with Crippen molar-refractivity contribution >= 4 is 5.91 Å². The summed E-state index contributed by atoms with van der Waals surface area (Å²) in [5, 5.41) is 3.04. The van der Waals surface area contributed by atoms with Crippen molar-refractivity contribution in [2.24, 2.45) is 5.92 Å². The molecule has 1 saturated carbocycles. The smallest absolute Gasteiger partial charge is 0.223 e. The van der Waals surface area contributed by atoms with Gasteiger partial charge in [0.25, 0.3) is 0 Å². The lowest BCUT2D eigenvalue weighted by Gasteiger charge is -2.34. The minimum atomic E-state index is 0.189. The van der Waals surface area contributed by atoms with E-state index >= 15 is 0 Å². The van der Waals surface area contributed by atoms with Crippen LogP contribution in [0.25, 0.3) is 0 Å². The minimum Gasteiger partial charge on any atom is -0.350 e. The van der Waals surface area contributed by atoms with Gasteiger partial charge < -0.3 is 9.88 Å². The number of amides is 1. The Balaban J connectivity index is 1.43. The molecule has 0 bridgehead atoms. The third-order valence-electron chi connectivity index (χ3n) is 5.03. The van der Waals surface area contributed by atoms with Gasteiger partial charge >= 0.3 is 0 Å². The largest absolute Gasteiger partial charge is 0.350 e. The Morgan fingerprint density at radius 1 is 1.29 bits per heavy atom. The number of hydrogen-bond acceptors (Lipinski definition) is 4. The first-order valence-corrected chi connectivity index (χ1v) is 8.67. The molecular formula is C18H23N5O. The van der Waals surface area contributed by atoms with Crippen LogP contribution in [0.4, 0.5) is 0 Å². The first-order valence-electron chi connectivity index (χ1n) is 8.67. The Labute approximate surface area is 141 Å². The fourth-order valence-corrected chi connectivity index (χ4v) is 3.35. The van der Waals surface area contributed by atoms with Crippen molar-refractivity contribution in [3.8, 4) is 0 Å². The van der Waals surface area contributed by atoms with Crippen molar-refractivity contribution in [1.82, 2.24) is 24.8 Å². The average molecular weight is 325 g/mol. The maximum atomic E-state index is 11.8. The van der Waals surface area contributed by atoms with Crippen molar-refractivity contribution in [2.45, 2.75) is 45.4 Å². The van der Waals surface area contributed by atoms with Crippen molar-refractivity contribution in [3.05, 3.63) is 47.8 Å². The number of nitrogens with zero attached hydrogens (tertiary/aromatic N) is 4. The first kappa shape index (κ1) is 15.3. The molecule has 2 aromatic rings. The van der Waals surface area contributed by atoms with Gasteiger partial charge in [0.1, 0.15) is 5.82 Å². The van der Waals surface area contributed by atoms with Gasteiger partial charge in [-0.25, -0.2) is 4.98 Å². The molecule has 1 aliphatic heterocycles. The van der Waals surface area contributed by atoms with Crippen LogP contribution in [0.15, 0.2) is 30.7 Å². The fraction of sp³-hybridized carbons (Fsp3) is 0.500. The highest BCUT2D eigenvalue weighted by molar-refractivity contribution is 5.80. The van der Waals surface area contributed by atoms with Crippen LogP contribution in [0.5, 0.6) is 0 Å². The standard InChI is InChI=1S/C18H23N5O/c1-13-17-20-10-16(11-21-18(24)15-2-3-15)23(17)9-8-22(13)12-14-4-6-19-7-5-14/h4-7,10,13,15H,2-3,8-9,11-12H2,1H3,(H,21,24). The summed E-state index contributed by atoms with van der Waals surface area (Å²) >= 11 is 0. The number of pyridine rings is 1. The molecule has 3 heterocycles. The molecule has 4 rings (SSSR count). The molecular weight excluding hydrogens is 302 g/mol. The Bertz CT molecular complexity index is 722. The second kappa shape index (κ2) is 6.36. The van der Waals surface area contributed by atoms with E-state index in [2.05, 4.69) is 43.8 Å². The van der Waals surface area contributed by atoms with Gasteiger partial charge in [-0.05, 0) is 37.5 Å². The van der Waals surface area contributed by atoms with Crippen molar-refractivity contribution in [2.75, 3.05) is 6.54 Å². The number of carbonyl (C=O) groups excluding carboxylic acids is 1. The van der Waals surface area contributed by atoms with Gasteiger partial charge in [0.15, 0.2) is 0 Å². The Morgan fingerprint density at radius 2 is 2.08 bits per heavy atom. The number of carbonyl (C=O) groups is 1. The highest BCUT2D eigenvalue weighted by atomic mass is 16.2. The quantitative estimate of drug-likeness (QED) is 0.912. The Hall–Kier alpha value is -2.21. The lowest BCUT2D eigenvalue weighted by molar-refractivity contribution is -0.122. The molecule has 2 aromatic heterocycles. The molecule has 0 aromatic carbocycles. The van der Waals surface area contributed by atoms with Gasteiger partial charge in [-0.3, -0.25) is 14.7 Å². The zero-order chi connectivity index (χ0) is 16.5. The van der Waals surface area contributed by atoms with E-state index in [0.29, 0.717) is 6.54 Å². The number of hydrogen-bond donors (Lipinski definition) is 1. The predicted octanol–water partition coefficient (Wildman–Crippen LogP) is 1.88. The van der Waals surface area contributed by atoms with Crippen LogP contribution in [-0.4, -0.2) is 31.9 Å². The molecule has 1 fully saturated rings. The Kier molecular flexibility index (Phi) is 4.06. The molecule has 1 atom stereocenters. The zero-order valence-electron chi connectivity index (χ0n) is 14.0. The van der Waals surface area contributed by atoms with Crippen LogP contribution in [0.3, 0.4) is 0 Å². The zero-order valence-corrected chi connectivity index (χ0v) is 14.0. The molecule has 0 saturated heterocycles. The summed E-state index contributed by atoms with van der Waals surface area (Å²) in [5.41, 5.74) is 2.38. The van der Waals surface area contributed by atoms with Gasteiger partial charge in [0, 0.05) is 37.9 Å². The summed E-state index contributed by atoms with van der Waals surface area (Å²) in [5.74, 6) is 1.53. The number of nitrogens with one attached hydrogen (secondary N) is 1. The molecule has 6 heteroatoms. The van der Waals surface area contributed by atoms with Gasteiger partial charge in [-0.15, -0.1) is 0 Å². The molecule has 1 amide bonds. The lowest BCUT2D eigenvalue weighted by atomic mass is 10.1. The molecule has 2 aliphatic rings. The summed E-state index contributed by atoms with van der Waals surface area (Å²) in [7, 11) is 0. The topological polar surface area (TPSA) is 63.1 Å². The monoisotopic (exact) mass is 325 g/mol. The van der Waals surface area contributed by atoms with E-state index in [9.17, 15) is 4.79 Å². The van der Waals surface area contributed by atoms with Gasteiger partial charge in [0.05, 0.1) is 24.5 Å². The molecule has 1 unspecified atom stereocenters. The summed E-state index contributed by atoms with van der Waals surface area (Å²) < 4.78 is 2.26. The number of aromatic nitrogens is 3. The normalized spacial score (nSPS) is 20.6. The summed E-state index contributed by atoms with van der Waals surface area (Å²) in [6.45, 7) is 5.59. The molecule has 1 aliphatic carbocycles. The van der Waals surface area contributed by atoms with E-state index in [4.69, 9.17) is 0 Å².